The minimum atomic E-state index is -0.595. The van der Waals surface area contributed by atoms with Crippen molar-refractivity contribution in [1.82, 2.24) is 0 Å². The van der Waals surface area contributed by atoms with Crippen LogP contribution in [0.15, 0.2) is 30.3 Å². The number of rotatable bonds is 2. The van der Waals surface area contributed by atoms with Gasteiger partial charge in [-0.05, 0) is 31.9 Å². The van der Waals surface area contributed by atoms with E-state index in [0.29, 0.717) is 0 Å². The summed E-state index contributed by atoms with van der Waals surface area (Å²) in [5.74, 6) is -0.0425. The summed E-state index contributed by atoms with van der Waals surface area (Å²) in [6.45, 7) is 1.90. The average Bonchev–Trinajstić information content (AvgIpc) is 2.37. The van der Waals surface area contributed by atoms with Crippen molar-refractivity contribution in [3.63, 3.8) is 0 Å². The van der Waals surface area contributed by atoms with Crippen LogP contribution in [0, 0.1) is 5.41 Å². The third-order valence-corrected chi connectivity index (χ3v) is 5.04. The number of carbonyl (C=O) groups excluding carboxylic acids is 1. The van der Waals surface area contributed by atoms with Crippen LogP contribution in [0.25, 0.3) is 0 Å². The molecular weight excluding hydrogens is 269 g/mol. The van der Waals surface area contributed by atoms with E-state index in [9.17, 15) is 4.79 Å². The molecule has 0 radical (unpaired) electrons. The molecule has 1 saturated carbocycles. The van der Waals surface area contributed by atoms with Crippen molar-refractivity contribution in [3.05, 3.63) is 30.3 Å². The van der Waals surface area contributed by atoms with Crippen LogP contribution in [0.2, 0.25) is 0 Å². The highest BCUT2D eigenvalue weighted by Gasteiger charge is 2.46. The van der Waals surface area contributed by atoms with Crippen LogP contribution in [0.5, 0.6) is 0 Å². The second-order valence-electron chi connectivity index (χ2n) is 5.05. The summed E-state index contributed by atoms with van der Waals surface area (Å²) in [4.78, 5) is 12.4. The number of benzene rings is 1. The highest BCUT2D eigenvalue weighted by Crippen LogP contribution is 2.42. The van der Waals surface area contributed by atoms with Gasteiger partial charge in [-0.25, -0.2) is 0 Å². The van der Waals surface area contributed by atoms with Gasteiger partial charge in [0.25, 0.3) is 0 Å². The van der Waals surface area contributed by atoms with Gasteiger partial charge in [0, 0.05) is 5.69 Å². The van der Waals surface area contributed by atoms with Crippen LogP contribution in [0.4, 0.5) is 5.69 Å². The van der Waals surface area contributed by atoms with Gasteiger partial charge in [0.2, 0.25) is 5.91 Å². The normalized spacial score (nSPS) is 31.9. The van der Waals surface area contributed by atoms with Crippen LogP contribution in [-0.2, 0) is 4.79 Å². The number of nitrogens with one attached hydrogen (secondary N) is 1. The van der Waals surface area contributed by atoms with E-state index in [1.807, 2.05) is 37.3 Å². The third-order valence-electron chi connectivity index (χ3n) is 3.65. The smallest absolute Gasteiger partial charge is 0.231 e. The molecule has 2 nitrogen and oxygen atoms in total. The van der Waals surface area contributed by atoms with Gasteiger partial charge in [-0.2, -0.15) is 0 Å². The Kier molecular flexibility index (Phi) is 4.18. The molecule has 0 aliphatic heterocycles. The molecule has 98 valence electrons. The van der Waals surface area contributed by atoms with E-state index in [1.165, 1.54) is 0 Å². The molecule has 0 saturated heterocycles. The number of hydrogen-bond donors (Lipinski definition) is 1. The Labute approximate surface area is 118 Å². The van der Waals surface area contributed by atoms with E-state index < -0.39 is 5.41 Å². The van der Waals surface area contributed by atoms with E-state index in [4.69, 9.17) is 23.2 Å². The highest BCUT2D eigenvalue weighted by atomic mass is 35.5. The second-order valence-corrected chi connectivity index (χ2v) is 6.08. The lowest BCUT2D eigenvalue weighted by molar-refractivity contribution is -0.126. The standard InChI is InChI=1S/C14H17Cl2NO/c1-14(9-5-8-11(15)12(14)16)13(18)17-10-6-3-2-4-7-10/h2-4,6-7,11-12H,5,8-9H2,1H3,(H,17,18). The monoisotopic (exact) mass is 285 g/mol. The number of alkyl halides is 2. The molecule has 1 amide bonds. The maximum atomic E-state index is 12.4. The third kappa shape index (κ3) is 2.65. The zero-order chi connectivity index (χ0) is 13.2. The first-order chi connectivity index (χ1) is 8.54. The lowest BCUT2D eigenvalue weighted by Crippen LogP contribution is -2.47. The Bertz CT molecular complexity index is 423. The molecule has 18 heavy (non-hydrogen) atoms. The summed E-state index contributed by atoms with van der Waals surface area (Å²) in [6, 6.07) is 9.43. The first-order valence-electron chi connectivity index (χ1n) is 6.19. The molecule has 1 aromatic carbocycles. The van der Waals surface area contributed by atoms with Gasteiger partial charge >= 0.3 is 0 Å². The Morgan fingerprint density at radius 2 is 2.00 bits per heavy atom. The van der Waals surface area contributed by atoms with E-state index >= 15 is 0 Å². The molecular formula is C14H17Cl2NO. The molecule has 3 unspecified atom stereocenters. The van der Waals surface area contributed by atoms with Crippen LogP contribution in [0.1, 0.15) is 26.2 Å². The fraction of sp³-hybridized carbons (Fsp3) is 0.500. The minimum absolute atomic E-state index is 0.0425. The fourth-order valence-electron chi connectivity index (χ4n) is 2.38. The van der Waals surface area contributed by atoms with Crippen molar-refractivity contribution in [1.29, 1.82) is 0 Å². The van der Waals surface area contributed by atoms with Crippen LogP contribution in [0.3, 0.4) is 0 Å². The molecule has 1 aliphatic carbocycles. The first-order valence-corrected chi connectivity index (χ1v) is 7.06. The number of hydrogen-bond acceptors (Lipinski definition) is 1. The van der Waals surface area contributed by atoms with Crippen molar-refractivity contribution in [2.24, 2.45) is 5.41 Å². The predicted octanol–water partition coefficient (Wildman–Crippen LogP) is 4.03. The summed E-state index contributed by atoms with van der Waals surface area (Å²) in [5, 5.41) is 2.47. The second kappa shape index (κ2) is 5.50. The fourth-order valence-corrected chi connectivity index (χ4v) is 3.15. The van der Waals surface area contributed by atoms with Crippen molar-refractivity contribution in [2.45, 2.75) is 36.9 Å². The Hall–Kier alpha value is -0.730. The van der Waals surface area contributed by atoms with Crippen molar-refractivity contribution in [3.8, 4) is 0 Å². The molecule has 0 spiro atoms. The molecule has 0 bridgehead atoms. The lowest BCUT2D eigenvalue weighted by atomic mass is 9.74. The Balaban J connectivity index is 2.12. The van der Waals surface area contributed by atoms with Crippen molar-refractivity contribution >= 4 is 34.8 Å². The van der Waals surface area contributed by atoms with E-state index in [0.717, 1.165) is 24.9 Å². The molecule has 1 aliphatic rings. The molecule has 2 rings (SSSR count). The minimum Gasteiger partial charge on any atom is -0.326 e. The van der Waals surface area contributed by atoms with Crippen LogP contribution in [-0.4, -0.2) is 16.7 Å². The average molecular weight is 286 g/mol. The molecule has 0 aromatic heterocycles. The molecule has 1 N–H and O–H groups in total. The number of carbonyl (C=O) groups is 1. The lowest BCUT2D eigenvalue weighted by Gasteiger charge is -2.39. The largest absolute Gasteiger partial charge is 0.326 e. The first kappa shape index (κ1) is 13.7. The van der Waals surface area contributed by atoms with E-state index in [-0.39, 0.29) is 16.7 Å². The topological polar surface area (TPSA) is 29.1 Å². The quantitative estimate of drug-likeness (QED) is 0.817. The van der Waals surface area contributed by atoms with E-state index in [2.05, 4.69) is 5.32 Å². The summed E-state index contributed by atoms with van der Waals surface area (Å²) in [6.07, 6.45) is 2.60. The molecule has 4 heteroatoms. The molecule has 3 atom stereocenters. The number of halogens is 2. The number of para-hydroxylation sites is 1. The molecule has 1 fully saturated rings. The summed E-state index contributed by atoms with van der Waals surface area (Å²) < 4.78 is 0. The number of amides is 1. The van der Waals surface area contributed by atoms with Crippen molar-refractivity contribution in [2.75, 3.05) is 5.32 Å². The Morgan fingerprint density at radius 3 is 2.67 bits per heavy atom. The van der Waals surface area contributed by atoms with Crippen LogP contribution >= 0.6 is 23.2 Å². The maximum absolute atomic E-state index is 12.4. The van der Waals surface area contributed by atoms with Crippen molar-refractivity contribution < 1.29 is 4.79 Å². The summed E-state index contributed by atoms with van der Waals surface area (Å²) >= 11 is 12.5. The zero-order valence-electron chi connectivity index (χ0n) is 10.3. The maximum Gasteiger partial charge on any atom is 0.231 e. The van der Waals surface area contributed by atoms with Crippen LogP contribution < -0.4 is 5.32 Å². The van der Waals surface area contributed by atoms with Gasteiger partial charge in [-0.3, -0.25) is 4.79 Å². The molecule has 0 heterocycles. The predicted molar refractivity (Wildman–Crippen MR) is 76.3 cm³/mol. The zero-order valence-corrected chi connectivity index (χ0v) is 11.8. The summed E-state index contributed by atoms with van der Waals surface area (Å²) in [5.41, 5.74) is 0.200. The van der Waals surface area contributed by atoms with Gasteiger partial charge in [0.05, 0.1) is 16.2 Å². The van der Waals surface area contributed by atoms with Gasteiger partial charge in [0.15, 0.2) is 0 Å². The summed E-state index contributed by atoms with van der Waals surface area (Å²) in [7, 11) is 0. The highest BCUT2D eigenvalue weighted by molar-refractivity contribution is 6.31. The van der Waals surface area contributed by atoms with E-state index in [1.54, 1.807) is 0 Å². The SMILES string of the molecule is CC1(C(=O)Nc2ccccc2)CCCC(Cl)C1Cl. The molecule has 1 aromatic rings. The van der Waals surface area contributed by atoms with Gasteiger partial charge in [-0.1, -0.05) is 24.6 Å². The van der Waals surface area contributed by atoms with Gasteiger partial charge in [-0.15, -0.1) is 23.2 Å². The van der Waals surface area contributed by atoms with Gasteiger partial charge < -0.3 is 5.32 Å². The Morgan fingerprint density at radius 1 is 1.33 bits per heavy atom. The van der Waals surface area contributed by atoms with Gasteiger partial charge in [0.1, 0.15) is 0 Å². The number of anilines is 1.